The van der Waals surface area contributed by atoms with Gasteiger partial charge in [-0.3, -0.25) is 19.8 Å². The molecule has 130 valence electrons. The number of amides is 1. The average molecular weight is 339 g/mol. The van der Waals surface area contributed by atoms with E-state index in [4.69, 9.17) is 0 Å². The third-order valence-corrected chi connectivity index (χ3v) is 4.51. The van der Waals surface area contributed by atoms with E-state index >= 15 is 0 Å². The van der Waals surface area contributed by atoms with E-state index in [-0.39, 0.29) is 17.6 Å². The van der Waals surface area contributed by atoms with Crippen LogP contribution in [0.2, 0.25) is 0 Å². The highest BCUT2D eigenvalue weighted by molar-refractivity contribution is 5.94. The second-order valence-corrected chi connectivity index (χ2v) is 6.31. The molecule has 1 saturated heterocycles. The molecule has 6 heteroatoms. The Hall–Kier alpha value is -2.73. The summed E-state index contributed by atoms with van der Waals surface area (Å²) in [6.45, 7) is 2.82. The Morgan fingerprint density at radius 2 is 1.72 bits per heavy atom. The molecule has 1 fully saturated rings. The maximum Gasteiger partial charge on any atom is 0.269 e. The molecule has 2 aromatic rings. The lowest BCUT2D eigenvalue weighted by molar-refractivity contribution is -0.384. The van der Waals surface area contributed by atoms with Crippen LogP contribution in [0.1, 0.15) is 28.8 Å². The molecular formula is C19H21N3O3. The number of carbonyl (C=O) groups is 1. The Morgan fingerprint density at radius 3 is 2.32 bits per heavy atom. The Balaban J connectivity index is 1.48. The van der Waals surface area contributed by atoms with Crippen LogP contribution < -0.4 is 5.32 Å². The number of nitrogens with one attached hydrogen (secondary N) is 1. The van der Waals surface area contributed by atoms with Crippen molar-refractivity contribution in [1.29, 1.82) is 0 Å². The van der Waals surface area contributed by atoms with Crippen LogP contribution >= 0.6 is 0 Å². The second kappa shape index (κ2) is 7.90. The maximum atomic E-state index is 12.3. The topological polar surface area (TPSA) is 75.5 Å². The quantitative estimate of drug-likeness (QED) is 0.671. The summed E-state index contributed by atoms with van der Waals surface area (Å²) in [6, 6.07) is 16.2. The van der Waals surface area contributed by atoms with Crippen LogP contribution in [0, 0.1) is 10.1 Å². The van der Waals surface area contributed by atoms with Gasteiger partial charge in [-0.2, -0.15) is 0 Å². The Morgan fingerprint density at radius 1 is 1.08 bits per heavy atom. The van der Waals surface area contributed by atoms with Gasteiger partial charge in [0.05, 0.1) is 4.92 Å². The number of nitro benzene ring substituents is 1. The van der Waals surface area contributed by atoms with Crippen molar-refractivity contribution >= 4 is 11.6 Å². The maximum absolute atomic E-state index is 12.3. The van der Waals surface area contributed by atoms with Crippen LogP contribution in [0.15, 0.2) is 54.6 Å². The van der Waals surface area contributed by atoms with Crippen LogP contribution in [0.4, 0.5) is 5.69 Å². The van der Waals surface area contributed by atoms with Crippen molar-refractivity contribution in [2.24, 2.45) is 0 Å². The van der Waals surface area contributed by atoms with Crippen molar-refractivity contribution in [3.05, 3.63) is 75.8 Å². The molecule has 1 heterocycles. The van der Waals surface area contributed by atoms with Gasteiger partial charge in [-0.15, -0.1) is 0 Å². The highest BCUT2D eigenvalue weighted by Crippen LogP contribution is 2.16. The van der Waals surface area contributed by atoms with Gasteiger partial charge >= 0.3 is 0 Å². The molecule has 0 radical (unpaired) electrons. The first-order chi connectivity index (χ1) is 12.1. The number of non-ortho nitro benzene ring substituents is 1. The third-order valence-electron chi connectivity index (χ3n) is 4.51. The van der Waals surface area contributed by atoms with Crippen LogP contribution in [0.25, 0.3) is 0 Å². The van der Waals surface area contributed by atoms with E-state index in [9.17, 15) is 14.9 Å². The lowest BCUT2D eigenvalue weighted by Gasteiger charge is -2.32. The molecule has 2 aromatic carbocycles. The van der Waals surface area contributed by atoms with Gasteiger partial charge in [-0.1, -0.05) is 30.3 Å². The largest absolute Gasteiger partial charge is 0.349 e. The van der Waals surface area contributed by atoms with E-state index in [1.807, 2.05) is 18.2 Å². The predicted molar refractivity (Wildman–Crippen MR) is 95.3 cm³/mol. The zero-order valence-electron chi connectivity index (χ0n) is 13.9. The standard InChI is InChI=1S/C19H21N3O3/c23-19(16-6-8-18(9-7-16)22(24)25)20-17-10-12-21(13-11-17)14-15-4-2-1-3-5-15/h1-9,17H,10-14H2,(H,20,23). The van der Waals surface area contributed by atoms with Gasteiger partial charge in [0.1, 0.15) is 0 Å². The molecule has 0 unspecified atom stereocenters. The molecule has 0 bridgehead atoms. The van der Waals surface area contributed by atoms with Gasteiger partial charge in [-0.25, -0.2) is 0 Å². The number of rotatable bonds is 5. The second-order valence-electron chi connectivity index (χ2n) is 6.31. The zero-order chi connectivity index (χ0) is 17.6. The molecule has 1 N–H and O–H groups in total. The van der Waals surface area contributed by atoms with E-state index in [1.54, 1.807) is 0 Å². The SMILES string of the molecule is O=C(NC1CCN(Cc2ccccc2)CC1)c1ccc([N+](=O)[O-])cc1. The number of benzene rings is 2. The van der Waals surface area contributed by atoms with E-state index in [1.165, 1.54) is 29.8 Å². The Labute approximate surface area is 146 Å². The van der Waals surface area contributed by atoms with Gasteiger partial charge < -0.3 is 5.32 Å². The van der Waals surface area contributed by atoms with Crippen molar-refractivity contribution in [2.45, 2.75) is 25.4 Å². The highest BCUT2D eigenvalue weighted by Gasteiger charge is 2.21. The number of hydrogen-bond acceptors (Lipinski definition) is 4. The molecule has 0 atom stereocenters. The summed E-state index contributed by atoms with van der Waals surface area (Å²) in [5, 5.41) is 13.7. The minimum absolute atomic E-state index is 0.00855. The summed E-state index contributed by atoms with van der Waals surface area (Å²) in [7, 11) is 0. The van der Waals surface area contributed by atoms with Crippen LogP contribution in [0.3, 0.4) is 0 Å². The number of hydrogen-bond donors (Lipinski definition) is 1. The van der Waals surface area contributed by atoms with Crippen molar-refractivity contribution < 1.29 is 9.72 Å². The summed E-state index contributed by atoms with van der Waals surface area (Å²) >= 11 is 0. The minimum Gasteiger partial charge on any atom is -0.349 e. The summed E-state index contributed by atoms with van der Waals surface area (Å²) in [6.07, 6.45) is 1.82. The van der Waals surface area contributed by atoms with Gasteiger partial charge in [0, 0.05) is 43.4 Å². The van der Waals surface area contributed by atoms with E-state index < -0.39 is 4.92 Å². The van der Waals surface area contributed by atoms with Crippen LogP contribution in [-0.4, -0.2) is 34.9 Å². The van der Waals surface area contributed by atoms with Crippen molar-refractivity contribution in [1.82, 2.24) is 10.2 Å². The number of likely N-dealkylation sites (tertiary alicyclic amines) is 1. The number of carbonyl (C=O) groups excluding carboxylic acids is 1. The van der Waals surface area contributed by atoms with Gasteiger partial charge in [0.15, 0.2) is 0 Å². The summed E-state index contributed by atoms with van der Waals surface area (Å²) in [5.74, 6) is -0.170. The molecule has 0 aliphatic carbocycles. The fourth-order valence-electron chi connectivity index (χ4n) is 3.08. The molecular weight excluding hydrogens is 318 g/mol. The molecule has 3 rings (SSSR count). The lowest BCUT2D eigenvalue weighted by Crippen LogP contribution is -2.44. The van der Waals surface area contributed by atoms with Crippen LogP contribution in [-0.2, 0) is 6.54 Å². The van der Waals surface area contributed by atoms with Crippen molar-refractivity contribution in [3.63, 3.8) is 0 Å². The minimum atomic E-state index is -0.468. The Kier molecular flexibility index (Phi) is 5.40. The fourth-order valence-corrected chi connectivity index (χ4v) is 3.08. The number of nitro groups is 1. The van der Waals surface area contributed by atoms with Gasteiger partial charge in [0.2, 0.25) is 0 Å². The molecule has 1 aliphatic heterocycles. The molecule has 0 saturated carbocycles. The lowest BCUT2D eigenvalue weighted by atomic mass is 10.0. The molecule has 25 heavy (non-hydrogen) atoms. The first kappa shape index (κ1) is 17.1. The first-order valence-corrected chi connectivity index (χ1v) is 8.43. The summed E-state index contributed by atoms with van der Waals surface area (Å²) in [4.78, 5) is 24.9. The normalized spacial score (nSPS) is 15.7. The molecule has 0 spiro atoms. The molecule has 0 aromatic heterocycles. The summed E-state index contributed by atoms with van der Waals surface area (Å²) < 4.78 is 0. The Bertz CT molecular complexity index is 723. The fraction of sp³-hybridized carbons (Fsp3) is 0.316. The monoisotopic (exact) mass is 339 g/mol. The predicted octanol–water partition coefficient (Wildman–Crippen LogP) is 2.99. The van der Waals surface area contributed by atoms with Crippen molar-refractivity contribution in [2.75, 3.05) is 13.1 Å². The van der Waals surface area contributed by atoms with Crippen LogP contribution in [0.5, 0.6) is 0 Å². The molecule has 1 amide bonds. The first-order valence-electron chi connectivity index (χ1n) is 8.43. The smallest absolute Gasteiger partial charge is 0.269 e. The summed E-state index contributed by atoms with van der Waals surface area (Å²) in [5.41, 5.74) is 1.75. The highest BCUT2D eigenvalue weighted by atomic mass is 16.6. The van der Waals surface area contributed by atoms with E-state index in [0.717, 1.165) is 32.5 Å². The third kappa shape index (κ3) is 4.64. The van der Waals surface area contributed by atoms with Gasteiger partial charge in [0.25, 0.3) is 11.6 Å². The van der Waals surface area contributed by atoms with E-state index in [0.29, 0.717) is 5.56 Å². The molecule has 1 aliphatic rings. The zero-order valence-corrected chi connectivity index (χ0v) is 13.9. The van der Waals surface area contributed by atoms with E-state index in [2.05, 4.69) is 22.3 Å². The average Bonchev–Trinajstić information content (AvgIpc) is 2.64. The van der Waals surface area contributed by atoms with Crippen molar-refractivity contribution in [3.8, 4) is 0 Å². The molecule has 6 nitrogen and oxygen atoms in total. The van der Waals surface area contributed by atoms with Gasteiger partial charge in [-0.05, 0) is 30.5 Å². The number of piperidine rings is 1. The number of nitrogens with zero attached hydrogens (tertiary/aromatic N) is 2.